The van der Waals surface area contributed by atoms with E-state index in [4.69, 9.17) is 4.74 Å². The average Bonchev–Trinajstić information content (AvgIpc) is 2.49. The maximum atomic E-state index is 13.8. The van der Waals surface area contributed by atoms with Crippen LogP contribution in [0.5, 0.6) is 0 Å². The molecule has 2 atom stereocenters. The number of benzene rings is 1. The van der Waals surface area contributed by atoms with Crippen molar-refractivity contribution >= 4 is 5.91 Å². The Bertz CT molecular complexity index is 497. The predicted molar refractivity (Wildman–Crippen MR) is 84.4 cm³/mol. The van der Waals surface area contributed by atoms with E-state index in [1.165, 1.54) is 6.07 Å². The Labute approximate surface area is 131 Å². The second-order valence-corrected chi connectivity index (χ2v) is 5.97. The van der Waals surface area contributed by atoms with Crippen LogP contribution in [-0.4, -0.2) is 61.1 Å². The molecule has 0 bridgehead atoms. The van der Waals surface area contributed by atoms with Gasteiger partial charge in [-0.15, -0.1) is 0 Å². The fraction of sp³-hybridized carbons (Fsp3) is 0.588. The molecule has 0 aliphatic carbocycles. The number of halogens is 1. The first-order chi connectivity index (χ1) is 10.5. The van der Waals surface area contributed by atoms with Crippen molar-refractivity contribution in [1.82, 2.24) is 9.80 Å². The van der Waals surface area contributed by atoms with Crippen LogP contribution < -0.4 is 0 Å². The van der Waals surface area contributed by atoms with Gasteiger partial charge in [0.1, 0.15) is 5.82 Å². The van der Waals surface area contributed by atoms with Crippen LogP contribution in [0.2, 0.25) is 0 Å². The molecule has 2 unspecified atom stereocenters. The van der Waals surface area contributed by atoms with E-state index in [1.807, 2.05) is 0 Å². The van der Waals surface area contributed by atoms with Gasteiger partial charge < -0.3 is 9.64 Å². The number of methoxy groups -OCH3 is 1. The Morgan fingerprint density at radius 2 is 1.91 bits per heavy atom. The highest BCUT2D eigenvalue weighted by atomic mass is 19.1. The maximum Gasteiger partial charge on any atom is 0.256 e. The third kappa shape index (κ3) is 3.84. The van der Waals surface area contributed by atoms with Crippen molar-refractivity contribution < 1.29 is 13.9 Å². The van der Waals surface area contributed by atoms with Crippen molar-refractivity contribution in [1.29, 1.82) is 0 Å². The normalized spacial score (nSPS) is 22.8. The SMILES string of the molecule is COCCCN1C(C)CN(C(=O)c2ccccc2F)CC1C. The van der Waals surface area contributed by atoms with Gasteiger partial charge in [-0.25, -0.2) is 4.39 Å². The van der Waals surface area contributed by atoms with Gasteiger partial charge in [0.25, 0.3) is 5.91 Å². The lowest BCUT2D eigenvalue weighted by molar-refractivity contribution is 0.0267. The highest BCUT2D eigenvalue weighted by Crippen LogP contribution is 2.19. The third-order valence-corrected chi connectivity index (χ3v) is 4.26. The lowest BCUT2D eigenvalue weighted by atomic mass is 10.1. The number of amides is 1. The lowest BCUT2D eigenvalue weighted by Crippen LogP contribution is -2.58. The number of nitrogens with zero attached hydrogens (tertiary/aromatic N) is 2. The first kappa shape index (κ1) is 16.9. The van der Waals surface area contributed by atoms with Crippen molar-refractivity contribution in [3.05, 3.63) is 35.6 Å². The summed E-state index contributed by atoms with van der Waals surface area (Å²) in [5.74, 6) is -0.663. The number of carbonyl (C=O) groups excluding carboxylic acids is 1. The van der Waals surface area contributed by atoms with Crippen molar-refractivity contribution in [3.63, 3.8) is 0 Å². The minimum Gasteiger partial charge on any atom is -0.385 e. The minimum absolute atomic E-state index is 0.162. The summed E-state index contributed by atoms with van der Waals surface area (Å²) in [6.45, 7) is 7.19. The molecule has 1 aliphatic rings. The smallest absolute Gasteiger partial charge is 0.256 e. The molecular formula is C17H25FN2O2. The van der Waals surface area contributed by atoms with Gasteiger partial charge in [-0.2, -0.15) is 0 Å². The molecule has 1 fully saturated rings. The maximum absolute atomic E-state index is 13.8. The van der Waals surface area contributed by atoms with Gasteiger partial charge in [0.15, 0.2) is 0 Å². The number of hydrogen-bond donors (Lipinski definition) is 0. The molecule has 2 rings (SSSR count). The zero-order chi connectivity index (χ0) is 16.1. The molecule has 4 nitrogen and oxygen atoms in total. The van der Waals surface area contributed by atoms with Gasteiger partial charge in [0.2, 0.25) is 0 Å². The molecule has 1 heterocycles. The second kappa shape index (κ2) is 7.70. The van der Waals surface area contributed by atoms with Gasteiger partial charge in [-0.1, -0.05) is 12.1 Å². The first-order valence-corrected chi connectivity index (χ1v) is 7.83. The topological polar surface area (TPSA) is 32.8 Å². The molecule has 5 heteroatoms. The van der Waals surface area contributed by atoms with Crippen LogP contribution in [0.1, 0.15) is 30.6 Å². The van der Waals surface area contributed by atoms with Crippen LogP contribution in [-0.2, 0) is 4.74 Å². The van der Waals surface area contributed by atoms with E-state index < -0.39 is 5.82 Å². The van der Waals surface area contributed by atoms with Gasteiger partial charge >= 0.3 is 0 Å². The summed E-state index contributed by atoms with van der Waals surface area (Å²) in [5, 5.41) is 0. The Kier molecular flexibility index (Phi) is 5.91. The van der Waals surface area contributed by atoms with Crippen molar-refractivity contribution in [2.75, 3.05) is 33.4 Å². The summed E-state index contributed by atoms with van der Waals surface area (Å²) in [5.41, 5.74) is 0.162. The van der Waals surface area contributed by atoms with Gasteiger partial charge in [-0.3, -0.25) is 9.69 Å². The molecule has 1 amide bonds. The Morgan fingerprint density at radius 3 is 2.50 bits per heavy atom. The number of hydrogen-bond acceptors (Lipinski definition) is 3. The summed E-state index contributed by atoms with van der Waals surface area (Å²) in [7, 11) is 1.71. The Balaban J connectivity index is 2.01. The van der Waals surface area contributed by atoms with E-state index in [-0.39, 0.29) is 23.6 Å². The number of rotatable bonds is 5. The van der Waals surface area contributed by atoms with Gasteiger partial charge in [0.05, 0.1) is 5.56 Å². The molecule has 0 radical (unpaired) electrons. The summed E-state index contributed by atoms with van der Waals surface area (Å²) in [4.78, 5) is 16.7. The van der Waals surface area contributed by atoms with Crippen LogP contribution in [0.4, 0.5) is 4.39 Å². The van der Waals surface area contributed by atoms with Crippen LogP contribution in [0.15, 0.2) is 24.3 Å². The first-order valence-electron chi connectivity index (χ1n) is 7.83. The Hall–Kier alpha value is -1.46. The van der Waals surface area contributed by atoms with E-state index in [9.17, 15) is 9.18 Å². The van der Waals surface area contributed by atoms with E-state index >= 15 is 0 Å². The van der Waals surface area contributed by atoms with E-state index in [1.54, 1.807) is 30.2 Å². The molecule has 22 heavy (non-hydrogen) atoms. The Morgan fingerprint density at radius 1 is 1.27 bits per heavy atom. The molecule has 1 aliphatic heterocycles. The van der Waals surface area contributed by atoms with Crippen LogP contribution in [0.3, 0.4) is 0 Å². The lowest BCUT2D eigenvalue weighted by Gasteiger charge is -2.44. The van der Waals surface area contributed by atoms with Gasteiger partial charge in [0, 0.05) is 45.4 Å². The van der Waals surface area contributed by atoms with E-state index in [0.717, 1.165) is 19.6 Å². The summed E-state index contributed by atoms with van der Waals surface area (Å²) < 4.78 is 18.9. The number of ether oxygens (including phenoxy) is 1. The van der Waals surface area contributed by atoms with Crippen molar-refractivity contribution in [2.45, 2.75) is 32.4 Å². The van der Waals surface area contributed by atoms with E-state index in [2.05, 4.69) is 18.7 Å². The molecule has 1 aromatic rings. The van der Waals surface area contributed by atoms with E-state index in [0.29, 0.717) is 13.1 Å². The van der Waals surface area contributed by atoms with Crippen molar-refractivity contribution in [3.8, 4) is 0 Å². The van der Waals surface area contributed by atoms with Crippen LogP contribution in [0.25, 0.3) is 0 Å². The summed E-state index contributed by atoms with van der Waals surface area (Å²) >= 11 is 0. The molecule has 1 saturated heterocycles. The van der Waals surface area contributed by atoms with Gasteiger partial charge in [-0.05, 0) is 32.4 Å². The molecule has 0 spiro atoms. The fourth-order valence-corrected chi connectivity index (χ4v) is 3.16. The number of piperazine rings is 1. The third-order valence-electron chi connectivity index (χ3n) is 4.26. The highest BCUT2D eigenvalue weighted by Gasteiger charge is 2.32. The predicted octanol–water partition coefficient (Wildman–Crippen LogP) is 2.40. The quantitative estimate of drug-likeness (QED) is 0.783. The summed E-state index contributed by atoms with van der Waals surface area (Å²) in [6, 6.07) is 6.71. The average molecular weight is 308 g/mol. The van der Waals surface area contributed by atoms with Crippen LogP contribution >= 0.6 is 0 Å². The standard InChI is InChI=1S/C17H25FN2O2/c1-13-11-19(12-14(2)20(13)9-6-10-22-3)17(21)15-7-4-5-8-16(15)18/h4-5,7-8,13-14H,6,9-12H2,1-3H3. The zero-order valence-electron chi connectivity index (χ0n) is 13.6. The monoisotopic (exact) mass is 308 g/mol. The molecule has 0 aromatic heterocycles. The number of carbonyl (C=O) groups is 1. The summed E-state index contributed by atoms with van der Waals surface area (Å²) in [6.07, 6.45) is 0.979. The van der Waals surface area contributed by atoms with Crippen molar-refractivity contribution in [2.24, 2.45) is 0 Å². The minimum atomic E-state index is -0.449. The highest BCUT2D eigenvalue weighted by molar-refractivity contribution is 5.94. The molecule has 1 aromatic carbocycles. The molecular weight excluding hydrogens is 283 g/mol. The fourth-order valence-electron chi connectivity index (χ4n) is 3.16. The second-order valence-electron chi connectivity index (χ2n) is 5.97. The van der Waals surface area contributed by atoms with Crippen LogP contribution in [0, 0.1) is 5.82 Å². The zero-order valence-corrected chi connectivity index (χ0v) is 13.6. The molecule has 0 N–H and O–H groups in total. The molecule has 0 saturated carbocycles. The largest absolute Gasteiger partial charge is 0.385 e. The molecule has 122 valence electrons.